The van der Waals surface area contributed by atoms with Gasteiger partial charge in [0.05, 0.1) is 6.04 Å². The summed E-state index contributed by atoms with van der Waals surface area (Å²) in [6.45, 7) is 3.35. The lowest BCUT2D eigenvalue weighted by molar-refractivity contribution is 0.228. The molecule has 1 fully saturated rings. The van der Waals surface area contributed by atoms with Crippen LogP contribution in [0.1, 0.15) is 17.5 Å². The van der Waals surface area contributed by atoms with Crippen molar-refractivity contribution in [2.45, 2.75) is 12.5 Å². The third-order valence-corrected chi connectivity index (χ3v) is 3.86. The van der Waals surface area contributed by atoms with Crippen LogP contribution in [0.15, 0.2) is 5.38 Å². The predicted octanol–water partition coefficient (Wildman–Crippen LogP) is 1.03. The van der Waals surface area contributed by atoms with E-state index in [4.69, 9.17) is 5.73 Å². The monoisotopic (exact) mass is 226 g/mol. The van der Waals surface area contributed by atoms with Gasteiger partial charge < -0.3 is 10.6 Å². The van der Waals surface area contributed by atoms with Crippen LogP contribution in [0.3, 0.4) is 0 Å². The molecule has 0 aliphatic carbocycles. The third kappa shape index (κ3) is 2.48. The van der Waals surface area contributed by atoms with Crippen molar-refractivity contribution < 1.29 is 0 Å². The van der Waals surface area contributed by atoms with Crippen molar-refractivity contribution in [1.29, 1.82) is 0 Å². The fourth-order valence-electron chi connectivity index (χ4n) is 1.99. The van der Waals surface area contributed by atoms with Crippen molar-refractivity contribution in [1.82, 2.24) is 14.8 Å². The molecule has 0 amide bonds. The highest BCUT2D eigenvalue weighted by atomic mass is 32.1. The van der Waals surface area contributed by atoms with Crippen molar-refractivity contribution in [2.75, 3.05) is 39.5 Å². The Morgan fingerprint density at radius 3 is 2.93 bits per heavy atom. The van der Waals surface area contributed by atoms with Gasteiger partial charge in [-0.2, -0.15) is 0 Å². The quantitative estimate of drug-likeness (QED) is 0.777. The summed E-state index contributed by atoms with van der Waals surface area (Å²) in [6.07, 6.45) is 1.23. The van der Waals surface area contributed by atoms with Crippen LogP contribution in [0.2, 0.25) is 0 Å². The van der Waals surface area contributed by atoms with Gasteiger partial charge in [-0.25, -0.2) is 4.98 Å². The first-order valence-electron chi connectivity index (χ1n) is 5.26. The molecule has 1 atom stereocenters. The highest BCUT2D eigenvalue weighted by Gasteiger charge is 2.24. The zero-order chi connectivity index (χ0) is 10.8. The van der Waals surface area contributed by atoms with E-state index in [1.165, 1.54) is 13.0 Å². The smallest absolute Gasteiger partial charge is 0.134 e. The summed E-state index contributed by atoms with van der Waals surface area (Å²) >= 11 is 1.67. The van der Waals surface area contributed by atoms with E-state index >= 15 is 0 Å². The minimum Gasteiger partial charge on any atom is -0.383 e. The van der Waals surface area contributed by atoms with Crippen LogP contribution >= 0.6 is 11.3 Å². The van der Waals surface area contributed by atoms with Crippen LogP contribution in [0, 0.1) is 0 Å². The molecule has 1 aromatic heterocycles. The summed E-state index contributed by atoms with van der Waals surface area (Å²) in [5.74, 6) is 0.648. The fraction of sp³-hybridized carbons (Fsp3) is 0.700. The summed E-state index contributed by atoms with van der Waals surface area (Å²) < 4.78 is 0. The average molecular weight is 226 g/mol. The maximum absolute atomic E-state index is 5.67. The van der Waals surface area contributed by atoms with Crippen molar-refractivity contribution in [3.63, 3.8) is 0 Å². The van der Waals surface area contributed by atoms with Gasteiger partial charge in [-0.1, -0.05) is 0 Å². The van der Waals surface area contributed by atoms with E-state index in [1.807, 2.05) is 5.38 Å². The maximum atomic E-state index is 5.67. The lowest BCUT2D eigenvalue weighted by atomic mass is 10.2. The molecule has 84 valence electrons. The average Bonchev–Trinajstić information content (AvgIpc) is 2.53. The van der Waals surface area contributed by atoms with Crippen molar-refractivity contribution in [3.8, 4) is 0 Å². The Morgan fingerprint density at radius 2 is 2.27 bits per heavy atom. The number of aromatic nitrogens is 1. The van der Waals surface area contributed by atoms with Gasteiger partial charge in [-0.05, 0) is 33.6 Å². The molecule has 0 spiro atoms. The topological polar surface area (TPSA) is 45.4 Å². The van der Waals surface area contributed by atoms with E-state index in [-0.39, 0.29) is 0 Å². The van der Waals surface area contributed by atoms with E-state index in [9.17, 15) is 0 Å². The van der Waals surface area contributed by atoms with Gasteiger partial charge in [0.1, 0.15) is 10.8 Å². The molecule has 1 unspecified atom stereocenters. The lowest BCUT2D eigenvalue weighted by Crippen LogP contribution is -2.30. The van der Waals surface area contributed by atoms with Crippen LogP contribution in [0.4, 0.5) is 5.82 Å². The van der Waals surface area contributed by atoms with Gasteiger partial charge in [0.2, 0.25) is 0 Å². The van der Waals surface area contributed by atoms with Gasteiger partial charge >= 0.3 is 0 Å². The van der Waals surface area contributed by atoms with Gasteiger partial charge in [0.15, 0.2) is 0 Å². The summed E-state index contributed by atoms with van der Waals surface area (Å²) in [5.41, 5.74) is 5.67. The molecule has 1 aliphatic rings. The van der Waals surface area contributed by atoms with Crippen LogP contribution < -0.4 is 5.73 Å². The first kappa shape index (κ1) is 10.9. The summed E-state index contributed by atoms with van der Waals surface area (Å²) in [7, 11) is 4.34. The van der Waals surface area contributed by atoms with Crippen LogP contribution in [0.5, 0.6) is 0 Å². The number of hydrogen-bond donors (Lipinski definition) is 1. The second kappa shape index (κ2) is 4.47. The lowest BCUT2D eigenvalue weighted by Gasteiger charge is -2.25. The molecular weight excluding hydrogens is 208 g/mol. The number of anilines is 1. The van der Waals surface area contributed by atoms with Gasteiger partial charge in [0, 0.05) is 11.9 Å². The second-order valence-electron chi connectivity index (χ2n) is 4.22. The largest absolute Gasteiger partial charge is 0.383 e. The molecule has 15 heavy (non-hydrogen) atoms. The first-order chi connectivity index (χ1) is 7.16. The molecule has 0 bridgehead atoms. The molecule has 1 aromatic rings. The second-order valence-corrected chi connectivity index (χ2v) is 5.11. The Bertz CT molecular complexity index is 325. The normalized spacial score (nSPS) is 25.3. The zero-order valence-electron chi connectivity index (χ0n) is 9.31. The van der Waals surface area contributed by atoms with E-state index in [1.54, 1.807) is 11.3 Å². The Hall–Kier alpha value is -0.650. The molecular formula is C10H18N4S. The number of hydrogen-bond acceptors (Lipinski definition) is 5. The number of nitrogens with zero attached hydrogens (tertiary/aromatic N) is 3. The van der Waals surface area contributed by atoms with Crippen LogP contribution in [-0.2, 0) is 0 Å². The molecule has 4 nitrogen and oxygen atoms in total. The van der Waals surface area contributed by atoms with E-state index in [2.05, 4.69) is 28.9 Å². The predicted molar refractivity (Wildman–Crippen MR) is 64.0 cm³/mol. The molecule has 2 N–H and O–H groups in total. The Kier molecular flexibility index (Phi) is 3.23. The standard InChI is InChI=1S/C10H18N4S/c1-13-4-3-5-14(2)8(6-13)10-12-9(11)7-15-10/h7-8H,3-6,11H2,1-2H3. The van der Waals surface area contributed by atoms with Gasteiger partial charge in [-0.3, -0.25) is 4.90 Å². The van der Waals surface area contributed by atoms with Gasteiger partial charge in [0.25, 0.3) is 0 Å². The van der Waals surface area contributed by atoms with E-state index < -0.39 is 0 Å². The van der Waals surface area contributed by atoms with Crippen LogP contribution in [-0.4, -0.2) is 48.5 Å². The van der Waals surface area contributed by atoms with E-state index in [0.29, 0.717) is 11.9 Å². The van der Waals surface area contributed by atoms with Crippen molar-refractivity contribution in [3.05, 3.63) is 10.4 Å². The molecule has 0 aromatic carbocycles. The fourth-order valence-corrected chi connectivity index (χ4v) is 2.86. The number of thiazole rings is 1. The summed E-state index contributed by atoms with van der Waals surface area (Å²) in [6, 6.07) is 0.403. The first-order valence-corrected chi connectivity index (χ1v) is 6.14. The summed E-state index contributed by atoms with van der Waals surface area (Å²) in [4.78, 5) is 9.13. The molecule has 0 radical (unpaired) electrons. The highest BCUT2D eigenvalue weighted by Crippen LogP contribution is 2.26. The number of nitrogen functional groups attached to an aromatic ring is 1. The van der Waals surface area contributed by atoms with Crippen molar-refractivity contribution >= 4 is 17.2 Å². The summed E-state index contributed by atoms with van der Waals surface area (Å²) in [5, 5.41) is 3.07. The van der Waals surface area contributed by atoms with Gasteiger partial charge in [-0.15, -0.1) is 11.3 Å². The minimum atomic E-state index is 0.403. The Morgan fingerprint density at radius 1 is 1.47 bits per heavy atom. The minimum absolute atomic E-state index is 0.403. The third-order valence-electron chi connectivity index (χ3n) is 2.89. The molecule has 2 rings (SSSR count). The number of likely N-dealkylation sites (N-methyl/N-ethyl adjacent to an activating group) is 2. The molecule has 2 heterocycles. The number of nitrogens with two attached hydrogens (primary N) is 1. The molecule has 0 saturated carbocycles. The SMILES string of the molecule is CN1CCCN(C)C(c2nc(N)cs2)C1. The zero-order valence-corrected chi connectivity index (χ0v) is 10.1. The molecule has 1 saturated heterocycles. The Labute approximate surface area is 94.7 Å². The van der Waals surface area contributed by atoms with Crippen LogP contribution in [0.25, 0.3) is 0 Å². The van der Waals surface area contributed by atoms with Crippen molar-refractivity contribution in [2.24, 2.45) is 0 Å². The highest BCUT2D eigenvalue weighted by molar-refractivity contribution is 7.10. The Balaban J connectivity index is 2.17. The molecule has 1 aliphatic heterocycles. The maximum Gasteiger partial charge on any atom is 0.134 e. The van der Waals surface area contributed by atoms with E-state index in [0.717, 1.165) is 18.1 Å². The number of rotatable bonds is 1. The molecule has 5 heteroatoms.